The number of alkyl halides is 3. The van der Waals surface area contributed by atoms with Crippen LogP contribution in [0.4, 0.5) is 13.2 Å². The van der Waals surface area contributed by atoms with E-state index in [0.717, 1.165) is 0 Å². The van der Waals surface area contributed by atoms with Gasteiger partial charge in [-0.25, -0.2) is 0 Å². The van der Waals surface area contributed by atoms with Crippen LogP contribution in [0.1, 0.15) is 39.0 Å². The summed E-state index contributed by atoms with van der Waals surface area (Å²) in [5.74, 6) is -2.66. The number of carbonyl (C=O) groups is 1. The quantitative estimate of drug-likeness (QED) is 0.722. The van der Waals surface area contributed by atoms with Gasteiger partial charge in [0.25, 0.3) is 0 Å². The first-order valence-electron chi connectivity index (χ1n) is 6.88. The van der Waals surface area contributed by atoms with Gasteiger partial charge < -0.3 is 15.5 Å². The maximum Gasteiger partial charge on any atom is 0.391 e. The molecule has 0 saturated heterocycles. The first-order valence-corrected chi connectivity index (χ1v) is 6.88. The molecule has 4 nitrogen and oxygen atoms in total. The minimum absolute atomic E-state index is 0.0617. The smallest absolute Gasteiger partial charge is 0.391 e. The van der Waals surface area contributed by atoms with Crippen molar-refractivity contribution in [1.82, 2.24) is 5.32 Å². The third-order valence-corrected chi connectivity index (χ3v) is 4.18. The predicted molar refractivity (Wildman–Crippen MR) is 66.8 cm³/mol. The number of halogens is 3. The Labute approximate surface area is 116 Å². The molecule has 1 aliphatic carbocycles. The molecule has 7 heteroatoms. The van der Waals surface area contributed by atoms with Gasteiger partial charge in [-0.15, -0.1) is 0 Å². The number of hydrogen-bond acceptors (Lipinski definition) is 3. The van der Waals surface area contributed by atoms with Gasteiger partial charge in [-0.05, 0) is 25.7 Å². The van der Waals surface area contributed by atoms with Gasteiger partial charge in [-0.3, -0.25) is 4.79 Å². The molecule has 0 aromatic heterocycles. The second kappa shape index (κ2) is 6.76. The van der Waals surface area contributed by atoms with Crippen molar-refractivity contribution in [2.24, 2.45) is 11.8 Å². The van der Waals surface area contributed by atoms with Crippen molar-refractivity contribution < 1.29 is 28.2 Å². The molecular weight excluding hydrogens is 275 g/mol. The highest BCUT2D eigenvalue weighted by Gasteiger charge is 2.44. The molecule has 0 aromatic carbocycles. The summed E-state index contributed by atoms with van der Waals surface area (Å²) in [6.07, 6.45) is -3.34. The molecule has 1 aliphatic rings. The Kier molecular flexibility index (Phi) is 5.82. The van der Waals surface area contributed by atoms with Crippen molar-refractivity contribution in [1.29, 1.82) is 0 Å². The molecule has 0 aliphatic heterocycles. The summed E-state index contributed by atoms with van der Waals surface area (Å²) in [5, 5.41) is 21.0. The van der Waals surface area contributed by atoms with Gasteiger partial charge >= 0.3 is 6.18 Å². The monoisotopic (exact) mass is 297 g/mol. The van der Waals surface area contributed by atoms with E-state index in [1.807, 2.05) is 0 Å². The Morgan fingerprint density at radius 3 is 2.30 bits per heavy atom. The van der Waals surface area contributed by atoms with Gasteiger partial charge in [-0.2, -0.15) is 13.2 Å². The van der Waals surface area contributed by atoms with E-state index in [1.165, 1.54) is 0 Å². The van der Waals surface area contributed by atoms with Gasteiger partial charge in [0.05, 0.1) is 24.7 Å². The van der Waals surface area contributed by atoms with Crippen LogP contribution < -0.4 is 5.32 Å². The Bertz CT molecular complexity index is 321. The Morgan fingerprint density at radius 1 is 1.25 bits per heavy atom. The standard InChI is InChI=1S/C13H22F3NO3/c1-2-12(7-18,8-19)17-11(20)9-4-3-5-10(6-9)13(14,15)16/h9-10,18-19H,2-8H2,1H3,(H,17,20). The average molecular weight is 297 g/mol. The first kappa shape index (κ1) is 17.2. The molecule has 20 heavy (non-hydrogen) atoms. The molecule has 2 unspecified atom stereocenters. The first-order chi connectivity index (χ1) is 9.28. The molecule has 0 aromatic rings. The van der Waals surface area contributed by atoms with E-state index >= 15 is 0 Å². The van der Waals surface area contributed by atoms with E-state index < -0.39 is 42.7 Å². The van der Waals surface area contributed by atoms with Crippen LogP contribution >= 0.6 is 0 Å². The molecular formula is C13H22F3NO3. The van der Waals surface area contributed by atoms with Crippen LogP contribution in [0, 0.1) is 11.8 Å². The molecule has 1 amide bonds. The fourth-order valence-corrected chi connectivity index (χ4v) is 2.53. The lowest BCUT2D eigenvalue weighted by Gasteiger charge is -2.34. The molecule has 1 rings (SSSR count). The number of amides is 1. The lowest BCUT2D eigenvalue weighted by atomic mass is 9.80. The molecule has 118 valence electrons. The zero-order valence-electron chi connectivity index (χ0n) is 11.5. The Balaban J connectivity index is 2.68. The van der Waals surface area contributed by atoms with E-state index in [9.17, 15) is 28.2 Å². The van der Waals surface area contributed by atoms with Crippen LogP contribution in [0.15, 0.2) is 0 Å². The summed E-state index contributed by atoms with van der Waals surface area (Å²) in [6, 6.07) is 0. The number of carbonyl (C=O) groups excluding carboxylic acids is 1. The summed E-state index contributed by atoms with van der Waals surface area (Å²) in [6.45, 7) is 0.800. The highest BCUT2D eigenvalue weighted by Crippen LogP contribution is 2.40. The van der Waals surface area contributed by atoms with Crippen molar-refractivity contribution in [3.8, 4) is 0 Å². The Morgan fingerprint density at radius 2 is 1.85 bits per heavy atom. The van der Waals surface area contributed by atoms with Gasteiger partial charge in [0.15, 0.2) is 0 Å². The van der Waals surface area contributed by atoms with E-state index in [0.29, 0.717) is 19.3 Å². The lowest BCUT2D eigenvalue weighted by molar-refractivity contribution is -0.186. The number of aliphatic hydroxyl groups excluding tert-OH is 2. The largest absolute Gasteiger partial charge is 0.394 e. The molecule has 0 spiro atoms. The predicted octanol–water partition coefficient (Wildman–Crippen LogP) is 1.60. The number of nitrogens with one attached hydrogen (secondary N) is 1. The molecule has 1 saturated carbocycles. The highest BCUT2D eigenvalue weighted by atomic mass is 19.4. The van der Waals surface area contributed by atoms with Crippen molar-refractivity contribution in [2.75, 3.05) is 13.2 Å². The third-order valence-electron chi connectivity index (χ3n) is 4.18. The molecule has 0 bridgehead atoms. The van der Waals surface area contributed by atoms with Gasteiger partial charge in [0, 0.05) is 5.92 Å². The van der Waals surface area contributed by atoms with Crippen molar-refractivity contribution >= 4 is 5.91 Å². The minimum Gasteiger partial charge on any atom is -0.394 e. The maximum atomic E-state index is 12.7. The van der Waals surface area contributed by atoms with Gasteiger partial charge in [0.2, 0.25) is 5.91 Å². The van der Waals surface area contributed by atoms with Gasteiger partial charge in [-0.1, -0.05) is 13.3 Å². The van der Waals surface area contributed by atoms with E-state index in [1.54, 1.807) is 6.92 Å². The molecule has 2 atom stereocenters. The second-order valence-electron chi connectivity index (χ2n) is 5.54. The zero-order valence-corrected chi connectivity index (χ0v) is 11.5. The average Bonchev–Trinajstić information content (AvgIpc) is 2.44. The minimum atomic E-state index is -4.27. The summed E-state index contributed by atoms with van der Waals surface area (Å²) < 4.78 is 38.1. The number of hydrogen-bond donors (Lipinski definition) is 3. The number of aliphatic hydroxyl groups is 2. The molecule has 3 N–H and O–H groups in total. The third kappa shape index (κ3) is 4.09. The lowest BCUT2D eigenvalue weighted by Crippen LogP contribution is -2.55. The van der Waals surface area contributed by atoms with E-state index in [2.05, 4.69) is 5.32 Å². The molecule has 0 radical (unpaired) electrons. The van der Waals surface area contributed by atoms with Gasteiger partial charge in [0.1, 0.15) is 0 Å². The van der Waals surface area contributed by atoms with Crippen molar-refractivity contribution in [3.63, 3.8) is 0 Å². The fraction of sp³-hybridized carbons (Fsp3) is 0.923. The summed E-state index contributed by atoms with van der Waals surface area (Å²) >= 11 is 0. The van der Waals surface area contributed by atoms with Crippen LogP contribution in [-0.4, -0.2) is 41.0 Å². The van der Waals surface area contributed by atoms with Crippen molar-refractivity contribution in [2.45, 2.75) is 50.7 Å². The molecule has 1 fully saturated rings. The summed E-state index contributed by atoms with van der Waals surface area (Å²) in [4.78, 5) is 12.1. The van der Waals surface area contributed by atoms with Crippen LogP contribution in [0.3, 0.4) is 0 Å². The van der Waals surface area contributed by atoms with E-state index in [-0.39, 0.29) is 12.8 Å². The zero-order chi connectivity index (χ0) is 15.4. The second-order valence-corrected chi connectivity index (χ2v) is 5.54. The van der Waals surface area contributed by atoms with E-state index in [4.69, 9.17) is 0 Å². The number of rotatable bonds is 5. The molecule has 0 heterocycles. The fourth-order valence-electron chi connectivity index (χ4n) is 2.53. The highest BCUT2D eigenvalue weighted by molar-refractivity contribution is 5.79. The summed E-state index contributed by atoms with van der Waals surface area (Å²) in [5.41, 5.74) is -1.15. The normalized spacial score (nSPS) is 24.5. The van der Waals surface area contributed by atoms with Crippen molar-refractivity contribution in [3.05, 3.63) is 0 Å². The van der Waals surface area contributed by atoms with Crippen LogP contribution in [0.25, 0.3) is 0 Å². The van der Waals surface area contributed by atoms with Crippen LogP contribution in [0.5, 0.6) is 0 Å². The summed E-state index contributed by atoms with van der Waals surface area (Å²) in [7, 11) is 0. The van der Waals surface area contributed by atoms with Crippen LogP contribution in [-0.2, 0) is 4.79 Å². The topological polar surface area (TPSA) is 69.6 Å². The Hall–Kier alpha value is -0.820. The van der Waals surface area contributed by atoms with Crippen LogP contribution in [0.2, 0.25) is 0 Å². The SMILES string of the molecule is CCC(CO)(CO)NC(=O)C1CCCC(C(F)(F)F)C1. The maximum absolute atomic E-state index is 12.7.